The second-order valence-corrected chi connectivity index (χ2v) is 5.04. The van der Waals surface area contributed by atoms with Crippen LogP contribution in [0.1, 0.15) is 21.5 Å². The van der Waals surface area contributed by atoms with Crippen LogP contribution < -0.4 is 4.74 Å². The fraction of sp³-hybridized carbons (Fsp3) is 0.188. The van der Waals surface area contributed by atoms with Crippen molar-refractivity contribution in [3.8, 4) is 5.75 Å². The number of carbonyl (C=O) groups excluding carboxylic acids is 1. The summed E-state index contributed by atoms with van der Waals surface area (Å²) in [4.78, 5) is 32.4. The van der Waals surface area contributed by atoms with Crippen LogP contribution in [0.4, 0.5) is 11.4 Å². The van der Waals surface area contributed by atoms with Gasteiger partial charge in [0, 0.05) is 17.7 Å². The summed E-state index contributed by atoms with van der Waals surface area (Å²) in [6, 6.07) is 8.20. The molecule has 0 saturated heterocycles. The predicted octanol–water partition coefficient (Wildman–Crippen LogP) is 3.18. The Morgan fingerprint density at radius 3 is 2.36 bits per heavy atom. The van der Waals surface area contributed by atoms with Crippen molar-refractivity contribution in [2.45, 2.75) is 13.5 Å². The highest BCUT2D eigenvalue weighted by Gasteiger charge is 2.20. The minimum absolute atomic E-state index is 0.0214. The lowest BCUT2D eigenvalue weighted by Gasteiger charge is -2.10. The van der Waals surface area contributed by atoms with Crippen molar-refractivity contribution in [3.63, 3.8) is 0 Å². The molecule has 2 rings (SSSR count). The Labute approximate surface area is 142 Å². The summed E-state index contributed by atoms with van der Waals surface area (Å²) < 4.78 is 9.98. The number of hydrogen-bond acceptors (Lipinski definition) is 7. The maximum atomic E-state index is 11.5. The molecule has 0 aliphatic heterocycles. The van der Waals surface area contributed by atoms with Gasteiger partial charge in [-0.15, -0.1) is 0 Å². The van der Waals surface area contributed by atoms with Crippen molar-refractivity contribution in [2.75, 3.05) is 7.11 Å². The number of nitro groups is 2. The second kappa shape index (κ2) is 7.39. The number of hydrogen-bond donors (Lipinski definition) is 0. The van der Waals surface area contributed by atoms with E-state index in [-0.39, 0.29) is 23.6 Å². The average Bonchev–Trinajstić information content (AvgIpc) is 2.59. The van der Waals surface area contributed by atoms with Crippen molar-refractivity contribution < 1.29 is 24.1 Å². The van der Waals surface area contributed by atoms with Crippen LogP contribution in [0, 0.1) is 27.2 Å². The molecule has 2 aromatic carbocycles. The fourth-order valence-electron chi connectivity index (χ4n) is 2.21. The zero-order chi connectivity index (χ0) is 18.6. The number of nitrogens with zero attached hydrogens (tertiary/aromatic N) is 2. The lowest BCUT2D eigenvalue weighted by atomic mass is 10.1. The van der Waals surface area contributed by atoms with Crippen LogP contribution in [0.3, 0.4) is 0 Å². The standard InChI is InChI=1S/C16H14N2O7/c1-10-12(4-3-5-13(10)17(20)21)9-25-15-7-6-11(16(19)24-2)8-14(15)18(22)23/h3-8H,9H2,1-2H3. The van der Waals surface area contributed by atoms with Gasteiger partial charge in [0.15, 0.2) is 5.75 Å². The summed E-state index contributed by atoms with van der Waals surface area (Å²) in [7, 11) is 1.17. The van der Waals surface area contributed by atoms with Gasteiger partial charge < -0.3 is 9.47 Å². The van der Waals surface area contributed by atoms with Crippen LogP contribution in [-0.4, -0.2) is 22.9 Å². The molecular weight excluding hydrogens is 332 g/mol. The van der Waals surface area contributed by atoms with Gasteiger partial charge in [-0.2, -0.15) is 0 Å². The van der Waals surface area contributed by atoms with Crippen LogP contribution in [0.2, 0.25) is 0 Å². The summed E-state index contributed by atoms with van der Waals surface area (Å²) in [5.41, 5.74) is 0.512. The van der Waals surface area contributed by atoms with E-state index in [1.807, 2.05) is 0 Å². The van der Waals surface area contributed by atoms with E-state index >= 15 is 0 Å². The summed E-state index contributed by atoms with van der Waals surface area (Å²) >= 11 is 0. The van der Waals surface area contributed by atoms with Crippen molar-refractivity contribution in [2.24, 2.45) is 0 Å². The highest BCUT2D eigenvalue weighted by Crippen LogP contribution is 2.30. The third-order valence-electron chi connectivity index (χ3n) is 3.57. The predicted molar refractivity (Wildman–Crippen MR) is 86.6 cm³/mol. The Morgan fingerprint density at radius 1 is 1.08 bits per heavy atom. The van der Waals surface area contributed by atoms with E-state index in [0.717, 1.165) is 6.07 Å². The third-order valence-corrected chi connectivity index (χ3v) is 3.57. The largest absolute Gasteiger partial charge is 0.482 e. The van der Waals surface area contributed by atoms with Gasteiger partial charge in [-0.05, 0) is 24.6 Å². The molecule has 0 atom stereocenters. The first-order valence-electron chi connectivity index (χ1n) is 7.07. The lowest BCUT2D eigenvalue weighted by Crippen LogP contribution is -2.05. The monoisotopic (exact) mass is 346 g/mol. The summed E-state index contributed by atoms with van der Waals surface area (Å²) in [5.74, 6) is -0.757. The number of methoxy groups -OCH3 is 1. The number of ether oxygens (including phenoxy) is 2. The van der Waals surface area contributed by atoms with Crippen LogP contribution in [0.25, 0.3) is 0 Å². The van der Waals surface area contributed by atoms with E-state index in [1.54, 1.807) is 13.0 Å². The SMILES string of the molecule is COC(=O)c1ccc(OCc2cccc([N+](=O)[O-])c2C)c([N+](=O)[O-])c1. The van der Waals surface area contributed by atoms with Gasteiger partial charge in [0.2, 0.25) is 0 Å². The molecule has 0 radical (unpaired) electrons. The maximum Gasteiger partial charge on any atom is 0.338 e. The fourth-order valence-corrected chi connectivity index (χ4v) is 2.21. The quantitative estimate of drug-likeness (QED) is 0.447. The summed E-state index contributed by atoms with van der Waals surface area (Å²) in [5, 5.41) is 22.1. The zero-order valence-corrected chi connectivity index (χ0v) is 13.4. The highest BCUT2D eigenvalue weighted by atomic mass is 16.6. The minimum atomic E-state index is -0.704. The van der Waals surface area contributed by atoms with Crippen molar-refractivity contribution in [1.29, 1.82) is 0 Å². The van der Waals surface area contributed by atoms with E-state index in [1.165, 1.54) is 31.4 Å². The zero-order valence-electron chi connectivity index (χ0n) is 13.4. The second-order valence-electron chi connectivity index (χ2n) is 5.04. The van der Waals surface area contributed by atoms with Gasteiger partial charge in [0.25, 0.3) is 5.69 Å². The van der Waals surface area contributed by atoms with Gasteiger partial charge in [0.1, 0.15) is 6.61 Å². The lowest BCUT2D eigenvalue weighted by molar-refractivity contribution is -0.386. The van der Waals surface area contributed by atoms with E-state index in [4.69, 9.17) is 4.74 Å². The van der Waals surface area contributed by atoms with Gasteiger partial charge in [-0.3, -0.25) is 20.2 Å². The molecule has 25 heavy (non-hydrogen) atoms. The first-order valence-corrected chi connectivity index (χ1v) is 7.07. The van der Waals surface area contributed by atoms with Crippen LogP contribution in [0.5, 0.6) is 5.75 Å². The molecule has 0 aliphatic carbocycles. The topological polar surface area (TPSA) is 122 Å². The van der Waals surface area contributed by atoms with Gasteiger partial charge in [-0.25, -0.2) is 4.79 Å². The first-order chi connectivity index (χ1) is 11.8. The Balaban J connectivity index is 2.29. The number of esters is 1. The minimum Gasteiger partial charge on any atom is -0.482 e. The normalized spacial score (nSPS) is 10.2. The molecule has 0 aromatic heterocycles. The first kappa shape index (κ1) is 17.9. The molecule has 0 fully saturated rings. The van der Waals surface area contributed by atoms with E-state index < -0.39 is 21.5 Å². The smallest absolute Gasteiger partial charge is 0.338 e. The molecule has 9 nitrogen and oxygen atoms in total. The third kappa shape index (κ3) is 3.89. The molecule has 0 amide bonds. The number of rotatable bonds is 6. The molecule has 130 valence electrons. The van der Waals surface area contributed by atoms with Gasteiger partial charge in [0.05, 0.1) is 22.5 Å². The molecule has 0 heterocycles. The number of carbonyl (C=O) groups is 1. The van der Waals surface area contributed by atoms with E-state index in [9.17, 15) is 25.0 Å². The molecule has 2 aromatic rings. The van der Waals surface area contributed by atoms with Gasteiger partial charge >= 0.3 is 11.7 Å². The van der Waals surface area contributed by atoms with Crippen LogP contribution in [0.15, 0.2) is 36.4 Å². The van der Waals surface area contributed by atoms with Crippen LogP contribution >= 0.6 is 0 Å². The molecule has 0 N–H and O–H groups in total. The molecular formula is C16H14N2O7. The van der Waals surface area contributed by atoms with Crippen molar-refractivity contribution in [1.82, 2.24) is 0 Å². The molecule has 0 aliphatic rings. The van der Waals surface area contributed by atoms with Crippen molar-refractivity contribution >= 4 is 17.3 Å². The Hall–Kier alpha value is -3.49. The van der Waals surface area contributed by atoms with Crippen molar-refractivity contribution in [3.05, 3.63) is 73.3 Å². The van der Waals surface area contributed by atoms with Crippen LogP contribution in [-0.2, 0) is 11.3 Å². The van der Waals surface area contributed by atoms with E-state index in [0.29, 0.717) is 11.1 Å². The average molecular weight is 346 g/mol. The molecule has 0 unspecified atom stereocenters. The summed E-state index contributed by atoms with van der Waals surface area (Å²) in [6.45, 7) is 1.48. The Bertz CT molecular complexity index is 848. The molecule has 0 saturated carbocycles. The number of benzene rings is 2. The molecule has 0 spiro atoms. The Morgan fingerprint density at radius 2 is 1.76 bits per heavy atom. The summed E-state index contributed by atoms with van der Waals surface area (Å²) in [6.07, 6.45) is 0. The molecule has 9 heteroatoms. The van der Waals surface area contributed by atoms with Gasteiger partial charge in [-0.1, -0.05) is 12.1 Å². The number of nitro benzene ring substituents is 2. The van der Waals surface area contributed by atoms with E-state index in [2.05, 4.69) is 4.74 Å². The maximum absolute atomic E-state index is 11.5. The Kier molecular flexibility index (Phi) is 5.28. The highest BCUT2D eigenvalue weighted by molar-refractivity contribution is 5.90. The molecule has 0 bridgehead atoms.